The molecule has 0 saturated carbocycles. The number of hydrogen-bond donors (Lipinski definition) is 2. The van der Waals surface area contributed by atoms with Crippen LogP contribution in [0.5, 0.6) is 0 Å². The average Bonchev–Trinajstić information content (AvgIpc) is 2.63. The van der Waals surface area contributed by atoms with Crippen LogP contribution in [0.15, 0.2) is 34.7 Å². The molecule has 28 heavy (non-hydrogen) atoms. The van der Waals surface area contributed by atoms with Crippen LogP contribution in [-0.4, -0.2) is 49.3 Å². The number of halogens is 2. The zero-order chi connectivity index (χ0) is 20.1. The Morgan fingerprint density at radius 2 is 2.00 bits per heavy atom. The van der Waals surface area contributed by atoms with Crippen molar-refractivity contribution in [2.45, 2.75) is 25.9 Å². The molecule has 4 rings (SSSR count). The Morgan fingerprint density at radius 1 is 1.25 bits per heavy atom. The Balaban J connectivity index is 1.86. The predicted molar refractivity (Wildman–Crippen MR) is 107 cm³/mol. The molecule has 3 heterocycles. The molecule has 1 aromatic heterocycles. The van der Waals surface area contributed by atoms with Crippen LogP contribution in [0.2, 0.25) is 5.02 Å². The first-order chi connectivity index (χ1) is 13.2. The number of anilines is 1. The summed E-state index contributed by atoms with van der Waals surface area (Å²) in [5.74, 6) is -0.107. The Bertz CT molecular complexity index is 1080. The van der Waals surface area contributed by atoms with Gasteiger partial charge in [0.2, 0.25) is 0 Å². The van der Waals surface area contributed by atoms with Crippen molar-refractivity contribution in [1.82, 2.24) is 15.2 Å². The van der Waals surface area contributed by atoms with Gasteiger partial charge in [-0.3, -0.25) is 0 Å². The summed E-state index contributed by atoms with van der Waals surface area (Å²) in [7, 11) is -3.98. The normalized spacial score (nSPS) is 23.6. The molecule has 1 saturated heterocycles. The molecule has 2 aliphatic heterocycles. The van der Waals surface area contributed by atoms with E-state index in [0.29, 0.717) is 24.5 Å². The minimum absolute atomic E-state index is 0.0288. The molecule has 2 aromatic rings. The minimum atomic E-state index is -3.98. The molecular weight excluding hydrogens is 405 g/mol. The molecule has 148 valence electrons. The van der Waals surface area contributed by atoms with Gasteiger partial charge in [-0.2, -0.15) is 8.42 Å². The van der Waals surface area contributed by atoms with Crippen LogP contribution in [-0.2, 0) is 10.2 Å². The Morgan fingerprint density at radius 3 is 2.75 bits per heavy atom. The van der Waals surface area contributed by atoms with Crippen LogP contribution in [0.1, 0.15) is 19.4 Å². The van der Waals surface area contributed by atoms with Gasteiger partial charge < -0.3 is 10.2 Å². The van der Waals surface area contributed by atoms with Gasteiger partial charge in [0.05, 0.1) is 16.3 Å². The molecule has 10 heteroatoms. The molecule has 0 aliphatic carbocycles. The van der Waals surface area contributed by atoms with Crippen molar-refractivity contribution >= 4 is 33.5 Å². The van der Waals surface area contributed by atoms with Gasteiger partial charge in [0.15, 0.2) is 11.7 Å². The third kappa shape index (κ3) is 3.45. The van der Waals surface area contributed by atoms with Crippen LogP contribution < -0.4 is 10.0 Å². The molecule has 2 aliphatic rings. The molecule has 1 fully saturated rings. The second kappa shape index (κ2) is 6.98. The van der Waals surface area contributed by atoms with E-state index < -0.39 is 16.0 Å². The number of nitrogens with zero attached hydrogens (tertiary/aromatic N) is 3. The highest BCUT2D eigenvalue weighted by atomic mass is 35.5. The van der Waals surface area contributed by atoms with E-state index in [1.165, 1.54) is 6.07 Å². The highest BCUT2D eigenvalue weighted by Gasteiger charge is 2.33. The number of benzene rings is 1. The summed E-state index contributed by atoms with van der Waals surface area (Å²) >= 11 is 6.42. The van der Waals surface area contributed by atoms with Crippen molar-refractivity contribution in [2.24, 2.45) is 4.40 Å². The smallest absolute Gasteiger partial charge is 0.345 e. The first-order valence-corrected chi connectivity index (χ1v) is 10.7. The minimum Gasteiger partial charge on any atom is -0.350 e. The maximum Gasteiger partial charge on any atom is 0.345 e. The summed E-state index contributed by atoms with van der Waals surface area (Å²) in [6, 6.07) is 7.85. The van der Waals surface area contributed by atoms with E-state index in [2.05, 4.69) is 19.4 Å². The fourth-order valence-electron chi connectivity index (χ4n) is 3.41. The zero-order valence-corrected chi connectivity index (χ0v) is 16.9. The molecule has 1 aromatic carbocycles. The lowest BCUT2D eigenvalue weighted by molar-refractivity contribution is 0.235. The number of fused-ring (bicyclic) bond motifs is 1. The summed E-state index contributed by atoms with van der Waals surface area (Å²) < 4.78 is 45.2. The number of aromatic nitrogens is 1. The largest absolute Gasteiger partial charge is 0.350 e. The lowest BCUT2D eigenvalue weighted by Gasteiger charge is -2.40. The summed E-state index contributed by atoms with van der Waals surface area (Å²) in [5.41, 5.74) is 0.841. The molecule has 0 bridgehead atoms. The fraction of sp³-hybridized carbons (Fsp3) is 0.333. The molecule has 0 spiro atoms. The maximum atomic E-state index is 14.2. The van der Waals surface area contributed by atoms with Crippen LogP contribution >= 0.6 is 11.6 Å². The molecule has 0 amide bonds. The average molecular weight is 424 g/mol. The first-order valence-electron chi connectivity index (χ1n) is 8.83. The van der Waals surface area contributed by atoms with Gasteiger partial charge in [0, 0.05) is 30.7 Å². The standard InChI is InChI=1S/C18H19ClFN5O2S/c1-10-9-25(11(2)8-21-10)18-13-7-14(19)16(12-5-3-4-6-15(12)20)22-17(13)23-28(26,27)24-18/h3-7,10-11,21H,8-9H2,1-2H3,(H,22,23)/t10-,11+/m1/s1. The molecule has 2 atom stereocenters. The molecular formula is C18H19ClFN5O2S. The Hall–Kier alpha value is -2.23. The van der Waals surface area contributed by atoms with Crippen molar-refractivity contribution < 1.29 is 12.8 Å². The number of amidine groups is 1. The van der Waals surface area contributed by atoms with E-state index in [4.69, 9.17) is 11.6 Å². The number of rotatable bonds is 1. The molecule has 0 radical (unpaired) electrons. The SMILES string of the molecule is C[C@@H]1CN(C2=NS(=O)(=O)Nc3nc(-c4ccccc4F)c(Cl)cc32)[C@@H](C)CN1. The van der Waals surface area contributed by atoms with Gasteiger partial charge in [0.1, 0.15) is 5.82 Å². The van der Waals surface area contributed by atoms with Crippen molar-refractivity contribution in [1.29, 1.82) is 0 Å². The third-order valence-electron chi connectivity index (χ3n) is 4.81. The van der Waals surface area contributed by atoms with Crippen molar-refractivity contribution in [2.75, 3.05) is 17.8 Å². The Labute approximate surface area is 167 Å². The lowest BCUT2D eigenvalue weighted by atomic mass is 10.1. The lowest BCUT2D eigenvalue weighted by Crippen LogP contribution is -2.57. The van der Waals surface area contributed by atoms with Gasteiger partial charge in [-0.1, -0.05) is 23.7 Å². The van der Waals surface area contributed by atoms with Gasteiger partial charge >= 0.3 is 10.2 Å². The topological polar surface area (TPSA) is 86.7 Å². The van der Waals surface area contributed by atoms with Crippen molar-refractivity contribution in [3.05, 3.63) is 46.7 Å². The maximum absolute atomic E-state index is 14.2. The monoisotopic (exact) mass is 423 g/mol. The summed E-state index contributed by atoms with van der Waals surface area (Å²) in [4.78, 5) is 6.27. The first kappa shape index (κ1) is 19.1. The van der Waals surface area contributed by atoms with Gasteiger partial charge in [-0.05, 0) is 32.0 Å². The van der Waals surface area contributed by atoms with Gasteiger partial charge in [-0.25, -0.2) is 14.1 Å². The van der Waals surface area contributed by atoms with E-state index in [9.17, 15) is 12.8 Å². The predicted octanol–water partition coefficient (Wildman–Crippen LogP) is 2.64. The zero-order valence-electron chi connectivity index (χ0n) is 15.3. The summed E-state index contributed by atoms with van der Waals surface area (Å²) in [6.45, 7) is 5.28. The van der Waals surface area contributed by atoms with E-state index in [1.807, 2.05) is 18.7 Å². The summed E-state index contributed by atoms with van der Waals surface area (Å²) in [5, 5.41) is 3.56. The molecule has 2 N–H and O–H groups in total. The highest BCUT2D eigenvalue weighted by molar-refractivity contribution is 7.91. The van der Waals surface area contributed by atoms with E-state index >= 15 is 0 Å². The second-order valence-corrected chi connectivity index (χ2v) is 8.74. The van der Waals surface area contributed by atoms with E-state index in [1.54, 1.807) is 24.3 Å². The highest BCUT2D eigenvalue weighted by Crippen LogP contribution is 2.34. The van der Waals surface area contributed by atoms with Crippen LogP contribution in [0.25, 0.3) is 11.3 Å². The van der Waals surface area contributed by atoms with Crippen molar-refractivity contribution in [3.8, 4) is 11.3 Å². The molecule has 7 nitrogen and oxygen atoms in total. The number of pyridine rings is 1. The fourth-order valence-corrected chi connectivity index (χ4v) is 4.54. The van der Waals surface area contributed by atoms with E-state index in [-0.39, 0.29) is 34.2 Å². The second-order valence-electron chi connectivity index (χ2n) is 7.00. The van der Waals surface area contributed by atoms with Crippen LogP contribution in [0.3, 0.4) is 0 Å². The van der Waals surface area contributed by atoms with Crippen LogP contribution in [0.4, 0.5) is 10.2 Å². The molecule has 0 unspecified atom stereocenters. The van der Waals surface area contributed by atoms with Gasteiger partial charge in [0.25, 0.3) is 0 Å². The summed E-state index contributed by atoms with van der Waals surface area (Å²) in [6.07, 6.45) is 0. The number of hydrogen-bond acceptors (Lipinski definition) is 5. The number of nitrogens with one attached hydrogen (secondary N) is 2. The van der Waals surface area contributed by atoms with Crippen LogP contribution in [0, 0.1) is 5.82 Å². The van der Waals surface area contributed by atoms with Gasteiger partial charge in [-0.15, -0.1) is 4.40 Å². The Kier molecular flexibility index (Phi) is 4.76. The quantitative estimate of drug-likeness (QED) is 0.736. The van der Waals surface area contributed by atoms with Crippen molar-refractivity contribution in [3.63, 3.8) is 0 Å². The number of piperazine rings is 1. The van der Waals surface area contributed by atoms with E-state index in [0.717, 1.165) is 0 Å². The third-order valence-corrected chi connectivity index (χ3v) is 5.97.